The maximum absolute atomic E-state index is 12.5. The molecule has 1 aliphatic carbocycles. The van der Waals surface area contributed by atoms with Gasteiger partial charge in [0.2, 0.25) is 0 Å². The highest BCUT2D eigenvalue weighted by molar-refractivity contribution is 7.20. The highest BCUT2D eigenvalue weighted by Crippen LogP contribution is 2.41. The summed E-state index contributed by atoms with van der Waals surface area (Å²) in [4.78, 5) is 36.9. The van der Waals surface area contributed by atoms with Crippen LogP contribution in [0.1, 0.15) is 34.6 Å². The molecule has 6 heteroatoms. The highest BCUT2D eigenvalue weighted by atomic mass is 32.1. The van der Waals surface area contributed by atoms with E-state index < -0.39 is 0 Å². The van der Waals surface area contributed by atoms with Gasteiger partial charge < -0.3 is 0 Å². The summed E-state index contributed by atoms with van der Waals surface area (Å²) >= 11 is 1.20. The molecule has 2 aromatic rings. The lowest BCUT2D eigenvalue weighted by Gasteiger charge is -2.07. The lowest BCUT2D eigenvalue weighted by Crippen LogP contribution is -2.38. The van der Waals surface area contributed by atoms with Crippen LogP contribution < -0.4 is 11.2 Å². The monoisotopic (exact) mass is 278 g/mol. The van der Waals surface area contributed by atoms with Crippen LogP contribution in [0, 0.1) is 12.8 Å². The van der Waals surface area contributed by atoms with Crippen molar-refractivity contribution in [1.29, 1.82) is 0 Å². The molecule has 100 valence electrons. The van der Waals surface area contributed by atoms with Gasteiger partial charge >= 0.3 is 5.69 Å². The molecule has 1 saturated carbocycles. The molecule has 1 aliphatic rings. The summed E-state index contributed by atoms with van der Waals surface area (Å²) in [6.45, 7) is 3.78. The molecule has 0 amide bonds. The Balaban J connectivity index is 2.48. The number of fused-ring (bicyclic) bond motifs is 1. The van der Waals surface area contributed by atoms with Gasteiger partial charge in [0, 0.05) is 13.1 Å². The summed E-state index contributed by atoms with van der Waals surface area (Å²) < 4.78 is 2.83. The molecular weight excluding hydrogens is 264 g/mol. The van der Waals surface area contributed by atoms with Crippen molar-refractivity contribution in [3.63, 3.8) is 0 Å². The summed E-state index contributed by atoms with van der Waals surface area (Å²) in [7, 11) is 1.65. The number of carbonyl (C=O) groups is 1. The first-order valence-electron chi connectivity index (χ1n) is 6.17. The lowest BCUT2D eigenvalue weighted by atomic mass is 10.2. The van der Waals surface area contributed by atoms with Gasteiger partial charge in [-0.05, 0) is 24.8 Å². The van der Waals surface area contributed by atoms with Crippen LogP contribution in [0.5, 0.6) is 0 Å². The zero-order valence-electron chi connectivity index (χ0n) is 11.0. The largest absolute Gasteiger partial charge is 0.332 e. The normalized spacial score (nSPS) is 21.8. The number of hydrogen-bond acceptors (Lipinski definition) is 4. The molecule has 0 aromatic carbocycles. The molecule has 0 unspecified atom stereocenters. The van der Waals surface area contributed by atoms with Crippen LogP contribution in [-0.4, -0.2) is 15.4 Å². The number of rotatable bonds is 2. The number of carbonyl (C=O) groups excluding carboxylic acids is 1. The van der Waals surface area contributed by atoms with Gasteiger partial charge in [0.05, 0.1) is 10.3 Å². The topological polar surface area (TPSA) is 61.1 Å². The third-order valence-corrected chi connectivity index (χ3v) is 5.19. The van der Waals surface area contributed by atoms with Crippen molar-refractivity contribution in [1.82, 2.24) is 9.13 Å². The average molecular weight is 278 g/mol. The van der Waals surface area contributed by atoms with E-state index in [1.54, 1.807) is 14.0 Å². The summed E-state index contributed by atoms with van der Waals surface area (Å²) in [5.41, 5.74) is 0.137. The molecule has 2 atom stereocenters. The van der Waals surface area contributed by atoms with Gasteiger partial charge in [0.25, 0.3) is 5.56 Å². The van der Waals surface area contributed by atoms with Gasteiger partial charge in [-0.2, -0.15) is 0 Å². The van der Waals surface area contributed by atoms with Crippen LogP contribution >= 0.6 is 11.3 Å². The standard InChI is InChI=1S/C13H14N2O3S/c1-6-4-8(6)15-11(17)10-7(2)9(5-16)19-12(10)14(3)13(15)18/h5-6,8H,4H2,1-3H3/t6-,8-/m0/s1. The maximum atomic E-state index is 12.5. The Labute approximate surface area is 113 Å². The van der Waals surface area contributed by atoms with Crippen molar-refractivity contribution < 1.29 is 4.79 Å². The smallest absolute Gasteiger partial charge is 0.297 e. The van der Waals surface area contributed by atoms with Gasteiger partial charge in [-0.3, -0.25) is 18.7 Å². The van der Waals surface area contributed by atoms with Crippen LogP contribution in [0.4, 0.5) is 0 Å². The molecule has 2 heterocycles. The molecule has 2 aromatic heterocycles. The van der Waals surface area contributed by atoms with Gasteiger partial charge in [-0.1, -0.05) is 6.92 Å². The molecule has 0 bridgehead atoms. The van der Waals surface area contributed by atoms with Crippen LogP contribution in [0.3, 0.4) is 0 Å². The Morgan fingerprint density at radius 3 is 2.53 bits per heavy atom. The summed E-state index contributed by atoms with van der Waals surface area (Å²) in [5, 5.41) is 0.508. The quantitative estimate of drug-likeness (QED) is 0.781. The van der Waals surface area contributed by atoms with E-state index >= 15 is 0 Å². The van der Waals surface area contributed by atoms with Crippen molar-refractivity contribution >= 4 is 27.8 Å². The molecule has 0 N–H and O–H groups in total. The number of thiophene rings is 1. The maximum Gasteiger partial charge on any atom is 0.332 e. The zero-order chi connectivity index (χ0) is 13.9. The van der Waals surface area contributed by atoms with Crippen molar-refractivity contribution in [2.24, 2.45) is 13.0 Å². The number of nitrogens with zero attached hydrogens (tertiary/aromatic N) is 2. The predicted octanol–water partition coefficient (Wildman–Crippen LogP) is 1.46. The number of hydrogen-bond donors (Lipinski definition) is 0. The van der Waals surface area contributed by atoms with Crippen LogP contribution in [0.2, 0.25) is 0 Å². The molecule has 19 heavy (non-hydrogen) atoms. The van der Waals surface area contributed by atoms with E-state index in [1.165, 1.54) is 20.5 Å². The minimum atomic E-state index is -0.287. The van der Waals surface area contributed by atoms with Gasteiger partial charge in [-0.15, -0.1) is 11.3 Å². The Hall–Kier alpha value is -1.69. The Kier molecular flexibility index (Phi) is 2.53. The number of aldehydes is 1. The second kappa shape index (κ2) is 3.90. The molecule has 1 fully saturated rings. The van der Waals surface area contributed by atoms with Crippen LogP contribution in [0.25, 0.3) is 10.2 Å². The number of aromatic nitrogens is 2. The average Bonchev–Trinajstić information content (AvgIpc) is 2.97. The fraction of sp³-hybridized carbons (Fsp3) is 0.462. The Bertz CT molecular complexity index is 812. The second-order valence-corrected chi connectivity index (χ2v) is 6.22. The lowest BCUT2D eigenvalue weighted by molar-refractivity contribution is 0.112. The van der Waals surface area contributed by atoms with Crippen molar-refractivity contribution in [3.8, 4) is 0 Å². The third-order valence-electron chi connectivity index (χ3n) is 3.90. The van der Waals surface area contributed by atoms with E-state index in [-0.39, 0.29) is 17.3 Å². The molecule has 5 nitrogen and oxygen atoms in total. The van der Waals surface area contributed by atoms with E-state index in [9.17, 15) is 14.4 Å². The first kappa shape index (κ1) is 12.3. The fourth-order valence-electron chi connectivity index (χ4n) is 2.53. The van der Waals surface area contributed by atoms with Crippen LogP contribution in [-0.2, 0) is 7.05 Å². The third kappa shape index (κ3) is 1.56. The van der Waals surface area contributed by atoms with Crippen LogP contribution in [0.15, 0.2) is 9.59 Å². The summed E-state index contributed by atoms with van der Waals surface area (Å²) in [6.07, 6.45) is 1.61. The molecule has 3 rings (SSSR count). The van der Waals surface area contributed by atoms with E-state index in [2.05, 4.69) is 0 Å². The van der Waals surface area contributed by atoms with Gasteiger partial charge in [0.15, 0.2) is 6.29 Å². The van der Waals surface area contributed by atoms with Crippen molar-refractivity contribution in [2.45, 2.75) is 26.3 Å². The molecule has 0 radical (unpaired) electrons. The number of aryl methyl sites for hydroxylation is 2. The van der Waals surface area contributed by atoms with E-state index in [0.29, 0.717) is 26.6 Å². The van der Waals surface area contributed by atoms with Crippen molar-refractivity contribution in [2.75, 3.05) is 0 Å². The van der Waals surface area contributed by atoms with E-state index in [1.807, 2.05) is 6.92 Å². The summed E-state index contributed by atoms with van der Waals surface area (Å²) in [6, 6.07) is 0.00887. The Morgan fingerprint density at radius 1 is 1.37 bits per heavy atom. The molecule has 0 saturated heterocycles. The molecule has 0 spiro atoms. The van der Waals surface area contributed by atoms with E-state index in [4.69, 9.17) is 0 Å². The fourth-order valence-corrected chi connectivity index (χ4v) is 3.60. The van der Waals surface area contributed by atoms with E-state index in [0.717, 1.165) is 12.7 Å². The second-order valence-electron chi connectivity index (χ2n) is 5.19. The zero-order valence-corrected chi connectivity index (χ0v) is 11.8. The highest BCUT2D eigenvalue weighted by Gasteiger charge is 2.37. The molecular formula is C13H14N2O3S. The summed E-state index contributed by atoms with van der Waals surface area (Å²) in [5.74, 6) is 0.368. The SMILES string of the molecule is Cc1c(C=O)sc2c1c(=O)n([C@H]1C[C@@H]1C)c(=O)n2C. The molecule has 0 aliphatic heterocycles. The first-order chi connectivity index (χ1) is 8.97. The first-order valence-corrected chi connectivity index (χ1v) is 6.98. The predicted molar refractivity (Wildman–Crippen MR) is 74.3 cm³/mol. The van der Waals surface area contributed by atoms with Gasteiger partial charge in [-0.25, -0.2) is 4.79 Å². The van der Waals surface area contributed by atoms with Gasteiger partial charge in [0.1, 0.15) is 4.83 Å². The van der Waals surface area contributed by atoms with Crippen molar-refractivity contribution in [3.05, 3.63) is 31.3 Å². The minimum Gasteiger partial charge on any atom is -0.297 e. The minimum absolute atomic E-state index is 0.00887. The Morgan fingerprint density at radius 2 is 2.00 bits per heavy atom.